The van der Waals surface area contributed by atoms with Gasteiger partial charge in [-0.15, -0.1) is 0 Å². The van der Waals surface area contributed by atoms with Crippen molar-refractivity contribution < 1.29 is 4.74 Å². The Hall–Kier alpha value is -1.23. The summed E-state index contributed by atoms with van der Waals surface area (Å²) in [5, 5.41) is 3.63. The minimum atomic E-state index is 0.385. The minimum Gasteiger partial charge on any atom is -0.378 e. The maximum Gasteiger partial charge on any atom is 0.0642 e. The fourth-order valence-electron chi connectivity index (χ4n) is 1.88. The van der Waals surface area contributed by atoms with E-state index in [0.29, 0.717) is 6.54 Å². The van der Waals surface area contributed by atoms with E-state index in [9.17, 15) is 0 Å². The maximum absolute atomic E-state index is 8.40. The molecule has 90 valence electrons. The molecule has 0 amide bonds. The molecule has 0 N–H and O–H groups in total. The van der Waals surface area contributed by atoms with E-state index in [-0.39, 0.29) is 0 Å². The highest BCUT2D eigenvalue weighted by molar-refractivity contribution is 9.10. The SMILES string of the molecule is [N-]=[N+]=NCc1ccc(Br)cc1N1CCOCC1. The third-order valence-corrected chi connectivity index (χ3v) is 3.20. The van der Waals surface area contributed by atoms with Gasteiger partial charge in [-0.05, 0) is 23.2 Å². The number of morpholine rings is 1. The molecule has 0 aromatic heterocycles. The van der Waals surface area contributed by atoms with Crippen LogP contribution in [0.5, 0.6) is 0 Å². The number of anilines is 1. The normalized spacial score (nSPS) is 15.5. The Bertz CT molecular complexity index is 439. The van der Waals surface area contributed by atoms with E-state index in [0.717, 1.165) is 42.0 Å². The molecule has 1 aliphatic rings. The van der Waals surface area contributed by atoms with Gasteiger partial charge in [0.25, 0.3) is 0 Å². The summed E-state index contributed by atoms with van der Waals surface area (Å²) in [6.45, 7) is 3.62. The molecule has 17 heavy (non-hydrogen) atoms. The second-order valence-corrected chi connectivity index (χ2v) is 4.68. The van der Waals surface area contributed by atoms with E-state index in [2.05, 4.69) is 36.9 Å². The summed E-state index contributed by atoms with van der Waals surface area (Å²) in [6.07, 6.45) is 0. The summed E-state index contributed by atoms with van der Waals surface area (Å²) in [4.78, 5) is 5.07. The molecule has 0 aliphatic carbocycles. The molecule has 1 saturated heterocycles. The van der Waals surface area contributed by atoms with Gasteiger partial charge in [-0.3, -0.25) is 0 Å². The number of hydrogen-bond donors (Lipinski definition) is 0. The van der Waals surface area contributed by atoms with E-state index in [4.69, 9.17) is 10.3 Å². The summed E-state index contributed by atoms with van der Waals surface area (Å²) in [7, 11) is 0. The van der Waals surface area contributed by atoms with E-state index >= 15 is 0 Å². The first-order valence-electron chi connectivity index (χ1n) is 5.43. The number of nitrogens with zero attached hydrogens (tertiary/aromatic N) is 4. The molecule has 2 rings (SSSR count). The highest BCUT2D eigenvalue weighted by atomic mass is 79.9. The fraction of sp³-hybridized carbons (Fsp3) is 0.455. The lowest BCUT2D eigenvalue weighted by Crippen LogP contribution is -2.36. The average molecular weight is 297 g/mol. The van der Waals surface area contributed by atoms with Gasteiger partial charge in [-0.2, -0.15) is 0 Å². The zero-order chi connectivity index (χ0) is 12.1. The zero-order valence-electron chi connectivity index (χ0n) is 9.34. The van der Waals surface area contributed by atoms with Gasteiger partial charge in [0.1, 0.15) is 0 Å². The Morgan fingerprint density at radius 2 is 2.18 bits per heavy atom. The smallest absolute Gasteiger partial charge is 0.0642 e. The zero-order valence-corrected chi connectivity index (χ0v) is 10.9. The molecule has 6 heteroatoms. The first-order chi connectivity index (χ1) is 8.31. The molecule has 1 aromatic rings. The van der Waals surface area contributed by atoms with Gasteiger partial charge >= 0.3 is 0 Å². The molecule has 1 aliphatic heterocycles. The Morgan fingerprint density at radius 1 is 1.41 bits per heavy atom. The Morgan fingerprint density at radius 3 is 2.88 bits per heavy atom. The molecule has 1 fully saturated rings. The quantitative estimate of drug-likeness (QED) is 0.489. The molecular weight excluding hydrogens is 284 g/mol. The number of ether oxygens (including phenoxy) is 1. The topological polar surface area (TPSA) is 61.2 Å². The summed E-state index contributed by atoms with van der Waals surface area (Å²) < 4.78 is 6.37. The summed E-state index contributed by atoms with van der Waals surface area (Å²) in [5.74, 6) is 0. The Labute approximate surface area is 108 Å². The number of azide groups is 1. The Kier molecular flexibility index (Phi) is 4.25. The summed E-state index contributed by atoms with van der Waals surface area (Å²) in [5.41, 5.74) is 10.6. The van der Waals surface area contributed by atoms with E-state index in [1.807, 2.05) is 12.1 Å². The number of rotatable bonds is 3. The van der Waals surface area contributed by atoms with Gasteiger partial charge in [-0.1, -0.05) is 27.1 Å². The molecule has 0 radical (unpaired) electrons. The van der Waals surface area contributed by atoms with Crippen LogP contribution < -0.4 is 4.90 Å². The fourth-order valence-corrected chi connectivity index (χ4v) is 2.23. The van der Waals surface area contributed by atoms with Crippen LogP contribution in [0.4, 0.5) is 5.69 Å². The van der Waals surface area contributed by atoms with E-state index < -0.39 is 0 Å². The average Bonchev–Trinajstić information content (AvgIpc) is 2.38. The Balaban J connectivity index is 2.27. The van der Waals surface area contributed by atoms with Crippen LogP contribution in [0.2, 0.25) is 0 Å². The van der Waals surface area contributed by atoms with Crippen LogP contribution in [0.15, 0.2) is 27.8 Å². The van der Waals surface area contributed by atoms with Crippen molar-refractivity contribution in [3.05, 3.63) is 38.7 Å². The van der Waals surface area contributed by atoms with Crippen LogP contribution in [0.25, 0.3) is 10.4 Å². The first kappa shape index (κ1) is 12.2. The van der Waals surface area contributed by atoms with Crippen LogP contribution >= 0.6 is 15.9 Å². The monoisotopic (exact) mass is 296 g/mol. The van der Waals surface area contributed by atoms with Crippen molar-refractivity contribution in [1.82, 2.24) is 0 Å². The van der Waals surface area contributed by atoms with Crippen molar-refractivity contribution in [1.29, 1.82) is 0 Å². The van der Waals surface area contributed by atoms with Crippen LogP contribution in [0.1, 0.15) is 5.56 Å². The minimum absolute atomic E-state index is 0.385. The molecule has 0 bridgehead atoms. The molecule has 0 spiro atoms. The van der Waals surface area contributed by atoms with Gasteiger partial charge in [0.15, 0.2) is 0 Å². The van der Waals surface area contributed by atoms with Crippen LogP contribution in [0.3, 0.4) is 0 Å². The molecule has 1 heterocycles. The lowest BCUT2D eigenvalue weighted by atomic mass is 10.1. The lowest BCUT2D eigenvalue weighted by molar-refractivity contribution is 0.122. The van der Waals surface area contributed by atoms with Gasteiger partial charge < -0.3 is 9.64 Å². The predicted octanol–water partition coefficient (Wildman–Crippen LogP) is 3.10. The number of benzene rings is 1. The van der Waals surface area contributed by atoms with Crippen molar-refractivity contribution in [3.63, 3.8) is 0 Å². The highest BCUT2D eigenvalue weighted by Crippen LogP contribution is 2.26. The molecule has 0 unspecified atom stereocenters. The van der Waals surface area contributed by atoms with Crippen molar-refractivity contribution in [2.24, 2.45) is 5.11 Å². The molecule has 1 aromatic carbocycles. The lowest BCUT2D eigenvalue weighted by Gasteiger charge is -2.30. The highest BCUT2D eigenvalue weighted by Gasteiger charge is 2.14. The third kappa shape index (κ3) is 3.12. The molecular formula is C11H13BrN4O. The van der Waals surface area contributed by atoms with Crippen molar-refractivity contribution in [2.45, 2.75) is 6.54 Å². The standard InChI is InChI=1S/C11H13BrN4O/c12-10-2-1-9(8-14-15-13)11(7-10)16-3-5-17-6-4-16/h1-2,7H,3-6,8H2. The molecule has 0 saturated carbocycles. The number of hydrogen-bond acceptors (Lipinski definition) is 3. The second kappa shape index (κ2) is 5.91. The van der Waals surface area contributed by atoms with Crippen LogP contribution in [0, 0.1) is 0 Å². The van der Waals surface area contributed by atoms with E-state index in [1.54, 1.807) is 0 Å². The van der Waals surface area contributed by atoms with E-state index in [1.165, 1.54) is 0 Å². The molecule has 0 atom stereocenters. The van der Waals surface area contributed by atoms with Crippen LogP contribution in [-0.2, 0) is 11.3 Å². The van der Waals surface area contributed by atoms with Crippen molar-refractivity contribution in [3.8, 4) is 0 Å². The van der Waals surface area contributed by atoms with Gasteiger partial charge in [-0.25, -0.2) is 0 Å². The maximum atomic E-state index is 8.40. The van der Waals surface area contributed by atoms with Crippen LogP contribution in [-0.4, -0.2) is 26.3 Å². The number of halogens is 1. The third-order valence-electron chi connectivity index (χ3n) is 2.70. The van der Waals surface area contributed by atoms with Gasteiger partial charge in [0.2, 0.25) is 0 Å². The summed E-state index contributed by atoms with van der Waals surface area (Å²) >= 11 is 3.47. The predicted molar refractivity (Wildman–Crippen MR) is 70.0 cm³/mol. The second-order valence-electron chi connectivity index (χ2n) is 3.76. The van der Waals surface area contributed by atoms with Gasteiger partial charge in [0, 0.05) is 28.2 Å². The van der Waals surface area contributed by atoms with Gasteiger partial charge in [0.05, 0.1) is 19.8 Å². The first-order valence-corrected chi connectivity index (χ1v) is 6.22. The largest absolute Gasteiger partial charge is 0.378 e. The van der Waals surface area contributed by atoms with Crippen molar-refractivity contribution in [2.75, 3.05) is 31.2 Å². The molecule has 5 nitrogen and oxygen atoms in total. The summed E-state index contributed by atoms with van der Waals surface area (Å²) in [6, 6.07) is 6.02. The van der Waals surface area contributed by atoms with Crippen molar-refractivity contribution >= 4 is 21.6 Å².